The number of rotatable bonds is 5. The number of hydrogen-bond acceptors (Lipinski definition) is 6. The molecule has 160 valence electrons. The van der Waals surface area contributed by atoms with Gasteiger partial charge in [0.15, 0.2) is 11.5 Å². The zero-order chi connectivity index (χ0) is 21.9. The van der Waals surface area contributed by atoms with Crippen molar-refractivity contribution >= 4 is 17.4 Å². The Morgan fingerprint density at radius 1 is 0.938 bits per heavy atom. The van der Waals surface area contributed by atoms with E-state index < -0.39 is 0 Å². The summed E-state index contributed by atoms with van der Waals surface area (Å²) in [6.07, 6.45) is 3.81. The number of hydrogen-bond donors (Lipinski definition) is 2. The summed E-state index contributed by atoms with van der Waals surface area (Å²) in [7, 11) is 0. The van der Waals surface area contributed by atoms with Gasteiger partial charge < -0.3 is 29.4 Å². The van der Waals surface area contributed by atoms with Crippen molar-refractivity contribution in [2.75, 3.05) is 17.4 Å². The topological polar surface area (TPSA) is 99.5 Å². The van der Waals surface area contributed by atoms with Crippen molar-refractivity contribution in [2.45, 2.75) is 6.92 Å². The molecule has 1 aliphatic heterocycles. The van der Waals surface area contributed by atoms with Crippen LogP contribution in [0.3, 0.4) is 0 Å². The maximum absolute atomic E-state index is 12.3. The molecule has 0 unspecified atom stereocenters. The van der Waals surface area contributed by atoms with Crippen molar-refractivity contribution in [1.82, 2.24) is 14.5 Å². The number of amides is 2. The van der Waals surface area contributed by atoms with Gasteiger partial charge in [-0.15, -0.1) is 0 Å². The maximum atomic E-state index is 12.3. The number of carbonyl (C=O) groups excluding carboxylic acids is 1. The second-order valence-corrected chi connectivity index (χ2v) is 6.98. The van der Waals surface area contributed by atoms with Crippen molar-refractivity contribution in [3.63, 3.8) is 0 Å². The van der Waals surface area contributed by atoms with Crippen LogP contribution in [0, 0.1) is 6.92 Å². The average Bonchev–Trinajstić information content (AvgIpc) is 3.46. The minimum atomic E-state index is -0.375. The minimum absolute atomic E-state index is 0.182. The molecule has 0 bridgehead atoms. The van der Waals surface area contributed by atoms with E-state index in [1.807, 2.05) is 36.0 Å². The van der Waals surface area contributed by atoms with E-state index in [-0.39, 0.29) is 12.8 Å². The summed E-state index contributed by atoms with van der Waals surface area (Å²) in [6.45, 7) is 1.99. The number of nitrogens with one attached hydrogen (secondary N) is 2. The quantitative estimate of drug-likeness (QED) is 0.475. The Bertz CT molecular complexity index is 1260. The summed E-state index contributed by atoms with van der Waals surface area (Å²) in [6, 6.07) is 17.4. The van der Waals surface area contributed by atoms with Gasteiger partial charge in [0.2, 0.25) is 12.7 Å². The molecule has 0 spiro atoms. The third kappa shape index (κ3) is 4.31. The molecule has 2 aromatic heterocycles. The van der Waals surface area contributed by atoms with Gasteiger partial charge in [-0.05, 0) is 55.5 Å². The Labute approximate surface area is 183 Å². The number of fused-ring (bicyclic) bond motifs is 1. The molecule has 0 fully saturated rings. The first-order valence-corrected chi connectivity index (χ1v) is 9.87. The van der Waals surface area contributed by atoms with Crippen LogP contribution in [0.2, 0.25) is 0 Å². The number of carbonyl (C=O) groups is 1. The van der Waals surface area contributed by atoms with Gasteiger partial charge in [0.1, 0.15) is 17.4 Å². The third-order valence-electron chi connectivity index (χ3n) is 4.63. The number of aryl methyl sites for hydroxylation is 1. The van der Waals surface area contributed by atoms with Gasteiger partial charge in [0.25, 0.3) is 0 Å². The molecular weight excluding hydrogens is 410 g/mol. The van der Waals surface area contributed by atoms with Gasteiger partial charge in [-0.25, -0.2) is 9.78 Å². The zero-order valence-corrected chi connectivity index (χ0v) is 17.1. The fourth-order valence-electron chi connectivity index (χ4n) is 3.19. The predicted octanol–water partition coefficient (Wildman–Crippen LogP) is 4.74. The van der Waals surface area contributed by atoms with Gasteiger partial charge in [0.05, 0.1) is 0 Å². The Hall–Kier alpha value is -4.53. The lowest BCUT2D eigenvalue weighted by Gasteiger charge is -2.10. The van der Waals surface area contributed by atoms with Crippen LogP contribution in [0.15, 0.2) is 73.1 Å². The Morgan fingerprint density at radius 2 is 1.66 bits per heavy atom. The predicted molar refractivity (Wildman–Crippen MR) is 118 cm³/mol. The molecule has 0 aliphatic carbocycles. The van der Waals surface area contributed by atoms with Crippen molar-refractivity contribution in [3.05, 3.63) is 78.9 Å². The summed E-state index contributed by atoms with van der Waals surface area (Å²) in [4.78, 5) is 21.1. The highest BCUT2D eigenvalue weighted by Gasteiger charge is 2.14. The molecule has 9 heteroatoms. The lowest BCUT2D eigenvalue weighted by molar-refractivity contribution is 0.174. The van der Waals surface area contributed by atoms with Crippen molar-refractivity contribution < 1.29 is 19.0 Å². The van der Waals surface area contributed by atoms with Gasteiger partial charge in [0, 0.05) is 35.9 Å². The van der Waals surface area contributed by atoms with E-state index in [4.69, 9.17) is 14.2 Å². The molecule has 32 heavy (non-hydrogen) atoms. The van der Waals surface area contributed by atoms with Crippen molar-refractivity contribution in [2.24, 2.45) is 0 Å². The molecule has 1 aliphatic rings. The molecule has 0 atom stereocenters. The third-order valence-corrected chi connectivity index (χ3v) is 4.63. The van der Waals surface area contributed by atoms with E-state index >= 15 is 0 Å². The van der Waals surface area contributed by atoms with Gasteiger partial charge in [-0.2, -0.15) is 4.98 Å². The number of anilines is 2. The lowest BCUT2D eigenvalue weighted by Crippen LogP contribution is -2.19. The highest BCUT2D eigenvalue weighted by Crippen LogP contribution is 2.34. The fourth-order valence-corrected chi connectivity index (χ4v) is 3.19. The van der Waals surface area contributed by atoms with E-state index in [0.717, 1.165) is 5.82 Å². The maximum Gasteiger partial charge on any atom is 0.323 e. The van der Waals surface area contributed by atoms with Crippen LogP contribution in [-0.2, 0) is 0 Å². The molecule has 4 aromatic rings. The van der Waals surface area contributed by atoms with E-state index in [1.54, 1.807) is 48.5 Å². The van der Waals surface area contributed by atoms with Crippen LogP contribution in [0.4, 0.5) is 16.2 Å². The summed E-state index contributed by atoms with van der Waals surface area (Å²) >= 11 is 0. The van der Waals surface area contributed by atoms with E-state index in [0.29, 0.717) is 40.3 Å². The molecular formula is C23H19N5O4. The molecule has 2 aromatic carbocycles. The Morgan fingerprint density at radius 3 is 2.47 bits per heavy atom. The molecule has 5 rings (SSSR count). The van der Waals surface area contributed by atoms with Crippen molar-refractivity contribution in [3.8, 4) is 28.9 Å². The molecule has 0 radical (unpaired) electrons. The zero-order valence-electron chi connectivity index (χ0n) is 17.1. The largest absolute Gasteiger partial charge is 0.454 e. The van der Waals surface area contributed by atoms with Crippen molar-refractivity contribution in [1.29, 1.82) is 0 Å². The first-order valence-electron chi connectivity index (χ1n) is 9.87. The molecule has 2 N–H and O–H groups in total. The van der Waals surface area contributed by atoms with E-state index in [9.17, 15) is 4.79 Å². The minimum Gasteiger partial charge on any atom is -0.454 e. The number of urea groups is 1. The van der Waals surface area contributed by atoms with Crippen LogP contribution in [-0.4, -0.2) is 27.4 Å². The first-order chi connectivity index (χ1) is 15.6. The van der Waals surface area contributed by atoms with Crippen LogP contribution in [0.5, 0.6) is 23.1 Å². The second kappa shape index (κ2) is 8.31. The fraction of sp³-hybridized carbons (Fsp3) is 0.0870. The number of aromatic nitrogens is 3. The molecule has 2 amide bonds. The van der Waals surface area contributed by atoms with Gasteiger partial charge >= 0.3 is 6.03 Å². The number of nitrogens with zero attached hydrogens (tertiary/aromatic N) is 3. The lowest BCUT2D eigenvalue weighted by atomic mass is 10.3. The monoisotopic (exact) mass is 429 g/mol. The summed E-state index contributed by atoms with van der Waals surface area (Å²) in [5, 5.41) is 5.54. The second-order valence-electron chi connectivity index (χ2n) is 6.98. The first kappa shape index (κ1) is 19.4. The molecule has 3 heterocycles. The van der Waals surface area contributed by atoms with E-state index in [1.165, 1.54) is 0 Å². The van der Waals surface area contributed by atoms with Crippen LogP contribution >= 0.6 is 0 Å². The number of benzene rings is 2. The normalized spacial score (nSPS) is 11.8. The highest BCUT2D eigenvalue weighted by molar-refractivity contribution is 6.00. The Balaban J connectivity index is 1.22. The van der Waals surface area contributed by atoms with Crippen LogP contribution in [0.25, 0.3) is 5.82 Å². The average molecular weight is 429 g/mol. The van der Waals surface area contributed by atoms with Gasteiger partial charge in [-0.1, -0.05) is 0 Å². The number of ether oxygens (including phenoxy) is 3. The van der Waals surface area contributed by atoms with Crippen LogP contribution in [0.1, 0.15) is 5.82 Å². The van der Waals surface area contributed by atoms with E-state index in [2.05, 4.69) is 20.6 Å². The molecule has 9 nitrogen and oxygen atoms in total. The summed E-state index contributed by atoms with van der Waals surface area (Å²) in [5.74, 6) is 3.60. The summed E-state index contributed by atoms with van der Waals surface area (Å²) < 4.78 is 18.3. The van der Waals surface area contributed by atoms with Crippen LogP contribution < -0.4 is 24.8 Å². The smallest absolute Gasteiger partial charge is 0.323 e. The Kier molecular flexibility index (Phi) is 5.04. The molecule has 0 saturated carbocycles. The standard InChI is InChI=1S/C23H19N5O4/c1-15-24-21(28-10-2-3-11-28)13-22(25-15)32-18-7-4-16(5-8-18)26-23(29)27-17-6-9-19-20(12-17)31-14-30-19/h2-13H,14H2,1H3,(H2,26,27,29). The summed E-state index contributed by atoms with van der Waals surface area (Å²) in [5.41, 5.74) is 1.21. The SMILES string of the molecule is Cc1nc(Oc2ccc(NC(=O)Nc3ccc4c(c3)OCO4)cc2)cc(-n2cccc2)n1. The van der Waals surface area contributed by atoms with Gasteiger partial charge in [-0.3, -0.25) is 0 Å². The highest BCUT2D eigenvalue weighted by atomic mass is 16.7. The molecule has 0 saturated heterocycles.